The molecule has 5 nitrogen and oxygen atoms in total. The van der Waals surface area contributed by atoms with Crippen molar-refractivity contribution < 1.29 is 9.90 Å². The molecule has 0 unspecified atom stereocenters. The van der Waals surface area contributed by atoms with Crippen LogP contribution in [0.5, 0.6) is 0 Å². The lowest BCUT2D eigenvalue weighted by atomic mass is 9.47. The molecule has 1 aromatic rings. The number of carbonyl (C=O) groups is 1. The molecule has 5 heteroatoms. The van der Waals surface area contributed by atoms with Crippen molar-refractivity contribution in [3.8, 4) is 0 Å². The second-order valence-electron chi connectivity index (χ2n) is 11.2. The van der Waals surface area contributed by atoms with Gasteiger partial charge in [-0.15, -0.1) is 5.10 Å². The smallest absolute Gasteiger partial charge is 0.157 e. The first-order valence-corrected chi connectivity index (χ1v) is 11.5. The fourth-order valence-corrected chi connectivity index (χ4v) is 7.82. The first-order valence-electron chi connectivity index (χ1n) is 11.5. The third-order valence-corrected chi connectivity index (χ3v) is 9.49. The highest BCUT2D eigenvalue weighted by molar-refractivity contribution is 5.82. The first-order chi connectivity index (χ1) is 13.7. The zero-order valence-corrected chi connectivity index (χ0v) is 18.1. The van der Waals surface area contributed by atoms with E-state index in [4.69, 9.17) is 0 Å². The van der Waals surface area contributed by atoms with Gasteiger partial charge >= 0.3 is 0 Å². The Kier molecular flexibility index (Phi) is 4.37. The quantitative estimate of drug-likeness (QED) is 0.777. The third-order valence-electron chi connectivity index (χ3n) is 9.49. The van der Waals surface area contributed by atoms with Gasteiger partial charge in [0.2, 0.25) is 0 Å². The summed E-state index contributed by atoms with van der Waals surface area (Å²) >= 11 is 0. The molecule has 29 heavy (non-hydrogen) atoms. The van der Waals surface area contributed by atoms with Crippen LogP contribution >= 0.6 is 0 Å². The molecule has 3 fully saturated rings. The molecule has 4 aliphatic carbocycles. The highest BCUT2D eigenvalue weighted by Crippen LogP contribution is 2.66. The number of hydrogen-bond donors (Lipinski definition) is 1. The largest absolute Gasteiger partial charge is 0.390 e. The van der Waals surface area contributed by atoms with Gasteiger partial charge in [-0.25, -0.2) is 4.68 Å². The molecule has 0 saturated heterocycles. The molecule has 0 aromatic carbocycles. The van der Waals surface area contributed by atoms with Crippen molar-refractivity contribution in [2.75, 3.05) is 0 Å². The molecule has 1 aromatic heterocycles. The van der Waals surface area contributed by atoms with Crippen molar-refractivity contribution in [2.24, 2.45) is 34.5 Å². The average molecular weight is 398 g/mol. The number of fused-ring (bicyclic) bond motifs is 5. The van der Waals surface area contributed by atoms with E-state index in [0.29, 0.717) is 30.1 Å². The van der Waals surface area contributed by atoms with Crippen LogP contribution in [0.1, 0.15) is 72.1 Å². The van der Waals surface area contributed by atoms with E-state index in [2.05, 4.69) is 30.2 Å². The second-order valence-corrected chi connectivity index (χ2v) is 11.2. The van der Waals surface area contributed by atoms with Gasteiger partial charge in [-0.2, -0.15) is 0 Å². The molecule has 1 heterocycles. The molecule has 1 N–H and O–H groups in total. The minimum absolute atomic E-state index is 0.0786. The lowest BCUT2D eigenvalue weighted by molar-refractivity contribution is -0.128. The van der Waals surface area contributed by atoms with Gasteiger partial charge in [-0.1, -0.05) is 30.7 Å². The number of hydrogen-bond acceptors (Lipinski definition) is 4. The minimum atomic E-state index is -0.493. The number of allylic oxidation sites excluding steroid dienone is 2. The Hall–Kier alpha value is -1.49. The molecule has 158 valence electrons. The van der Waals surface area contributed by atoms with Crippen molar-refractivity contribution >= 4 is 5.78 Å². The van der Waals surface area contributed by atoms with Crippen molar-refractivity contribution in [1.82, 2.24) is 15.0 Å². The van der Waals surface area contributed by atoms with E-state index >= 15 is 0 Å². The lowest BCUT2D eigenvalue weighted by Crippen LogP contribution is -2.51. The Bertz CT molecular complexity index is 829. The van der Waals surface area contributed by atoms with Gasteiger partial charge in [0.25, 0.3) is 0 Å². The van der Waals surface area contributed by atoms with Crippen LogP contribution in [0.25, 0.3) is 0 Å². The molecule has 3 saturated carbocycles. The van der Waals surface area contributed by atoms with Crippen molar-refractivity contribution in [3.05, 3.63) is 24.0 Å². The Labute approximate surface area is 173 Å². The summed E-state index contributed by atoms with van der Waals surface area (Å²) < 4.78 is 1.67. The van der Waals surface area contributed by atoms with Gasteiger partial charge in [0.05, 0.1) is 11.8 Å². The number of aromatic nitrogens is 3. The Morgan fingerprint density at radius 2 is 2.03 bits per heavy atom. The summed E-state index contributed by atoms with van der Waals surface area (Å²) in [6.07, 6.45) is 14.6. The summed E-state index contributed by atoms with van der Waals surface area (Å²) in [4.78, 5) is 13.2. The van der Waals surface area contributed by atoms with Crippen LogP contribution in [0.4, 0.5) is 0 Å². The van der Waals surface area contributed by atoms with Crippen LogP contribution in [-0.4, -0.2) is 31.5 Å². The maximum atomic E-state index is 13.2. The average Bonchev–Trinajstić information content (AvgIpc) is 3.29. The summed E-state index contributed by atoms with van der Waals surface area (Å²) in [5.41, 5.74) is 1.51. The van der Waals surface area contributed by atoms with Gasteiger partial charge in [0.15, 0.2) is 5.78 Å². The van der Waals surface area contributed by atoms with E-state index in [0.717, 1.165) is 32.1 Å². The molecule has 5 rings (SSSR count). The predicted molar refractivity (Wildman–Crippen MR) is 111 cm³/mol. The maximum absolute atomic E-state index is 13.2. The van der Waals surface area contributed by atoms with Crippen LogP contribution in [0, 0.1) is 34.5 Å². The number of aliphatic hydroxyl groups is 1. The normalized spacial score (nSPS) is 46.4. The molecule has 0 amide bonds. The van der Waals surface area contributed by atoms with E-state index < -0.39 is 5.60 Å². The zero-order chi connectivity index (χ0) is 20.4. The summed E-state index contributed by atoms with van der Waals surface area (Å²) in [5.74, 6) is 2.30. The Morgan fingerprint density at radius 3 is 2.79 bits per heavy atom. The number of ketones is 1. The van der Waals surface area contributed by atoms with Crippen molar-refractivity contribution in [1.29, 1.82) is 0 Å². The lowest BCUT2D eigenvalue weighted by Gasteiger charge is -2.58. The molecular weight excluding hydrogens is 362 g/mol. The fraction of sp³-hybridized carbons (Fsp3) is 0.792. The third kappa shape index (κ3) is 2.95. The molecule has 0 radical (unpaired) electrons. The van der Waals surface area contributed by atoms with Gasteiger partial charge in [-0.3, -0.25) is 4.79 Å². The summed E-state index contributed by atoms with van der Waals surface area (Å²) in [5, 5.41) is 18.5. The van der Waals surface area contributed by atoms with E-state index in [1.807, 2.05) is 6.92 Å². The van der Waals surface area contributed by atoms with E-state index in [9.17, 15) is 9.90 Å². The highest BCUT2D eigenvalue weighted by atomic mass is 16.3. The van der Waals surface area contributed by atoms with Gasteiger partial charge in [0.1, 0.15) is 6.54 Å². The van der Waals surface area contributed by atoms with E-state index in [1.54, 1.807) is 22.6 Å². The standard InChI is InChI=1S/C24H35N3O2/c1-22(29)10-11-23(2)16(14-22)4-5-17-18-6-7-20(24(18,3)9-8-19(17)23)21(28)15-27-13-12-25-26-27/h8,12-13,16-18,20,29H,4-7,9-11,14-15H2,1-3H3/t16-,17-,18-,20+,22+,23-,24-/m0/s1. The molecule has 7 atom stereocenters. The maximum Gasteiger partial charge on any atom is 0.157 e. The molecule has 0 bridgehead atoms. The SMILES string of the molecule is C[C@@]1(O)CC[C@]2(C)C3=CC[C@]4(C)[C@@H](C(=O)Cn5ccnn5)CC[C@H]4[C@@H]3CC[C@H]2C1. The van der Waals surface area contributed by atoms with Crippen molar-refractivity contribution in [2.45, 2.75) is 84.3 Å². The summed E-state index contributed by atoms with van der Waals surface area (Å²) in [7, 11) is 0. The topological polar surface area (TPSA) is 68.0 Å². The monoisotopic (exact) mass is 397 g/mol. The zero-order valence-electron chi connectivity index (χ0n) is 18.1. The number of carbonyl (C=O) groups excluding carboxylic acids is 1. The fourth-order valence-electron chi connectivity index (χ4n) is 7.82. The molecule has 0 spiro atoms. The molecule has 4 aliphatic rings. The summed E-state index contributed by atoms with van der Waals surface area (Å²) in [6.45, 7) is 7.22. The second kappa shape index (κ2) is 6.50. The molecular formula is C24H35N3O2. The van der Waals surface area contributed by atoms with E-state index in [1.165, 1.54) is 19.3 Å². The Balaban J connectivity index is 1.40. The van der Waals surface area contributed by atoms with Crippen LogP contribution in [-0.2, 0) is 11.3 Å². The van der Waals surface area contributed by atoms with Crippen LogP contribution in [0.15, 0.2) is 24.0 Å². The predicted octanol–water partition coefficient (Wildman–Crippen LogP) is 4.18. The van der Waals surface area contributed by atoms with Gasteiger partial charge in [0, 0.05) is 12.1 Å². The van der Waals surface area contributed by atoms with Crippen molar-refractivity contribution in [3.63, 3.8) is 0 Å². The van der Waals surface area contributed by atoms with E-state index in [-0.39, 0.29) is 16.7 Å². The highest BCUT2D eigenvalue weighted by Gasteiger charge is 2.59. The van der Waals surface area contributed by atoms with Crippen LogP contribution in [0.2, 0.25) is 0 Å². The molecule has 0 aliphatic heterocycles. The summed E-state index contributed by atoms with van der Waals surface area (Å²) in [6, 6.07) is 0. The number of Topliss-reactive ketones (excluding diaryl/α,β-unsaturated/α-hetero) is 1. The first kappa shape index (κ1) is 19.5. The number of rotatable bonds is 3. The number of nitrogens with zero attached hydrogens (tertiary/aromatic N) is 3. The van der Waals surface area contributed by atoms with Crippen LogP contribution in [0.3, 0.4) is 0 Å². The minimum Gasteiger partial charge on any atom is -0.390 e. The van der Waals surface area contributed by atoms with Crippen LogP contribution < -0.4 is 0 Å². The van der Waals surface area contributed by atoms with Gasteiger partial charge < -0.3 is 5.11 Å². The Morgan fingerprint density at radius 1 is 1.21 bits per heavy atom. The van der Waals surface area contributed by atoms with Gasteiger partial charge in [-0.05, 0) is 86.9 Å².